The van der Waals surface area contributed by atoms with Crippen LogP contribution in [0.3, 0.4) is 0 Å². The van der Waals surface area contributed by atoms with E-state index in [1.54, 1.807) is 6.92 Å². The van der Waals surface area contributed by atoms with Crippen LogP contribution in [-0.4, -0.2) is 11.6 Å². The smallest absolute Gasteiger partial charge is 0.148 e. The summed E-state index contributed by atoms with van der Waals surface area (Å²) in [5.74, 6) is -0.227. The molecule has 0 fully saturated rings. The summed E-state index contributed by atoms with van der Waals surface area (Å²) in [6.07, 6.45) is 1.09. The molecule has 1 unspecified atom stereocenters. The summed E-state index contributed by atoms with van der Waals surface area (Å²) >= 11 is 0. The predicted octanol–water partition coefficient (Wildman–Crippen LogP) is 3.95. The van der Waals surface area contributed by atoms with Gasteiger partial charge in [-0.1, -0.05) is 67.6 Å². The predicted molar refractivity (Wildman–Crippen MR) is 84.3 cm³/mol. The Hall–Kier alpha value is -2.22. The maximum Gasteiger partial charge on any atom is 0.148 e. The van der Waals surface area contributed by atoms with Crippen molar-refractivity contribution in [3.63, 3.8) is 0 Å². The van der Waals surface area contributed by atoms with E-state index in [2.05, 4.69) is 0 Å². The highest BCUT2D eigenvalue weighted by atomic mass is 16.1. The van der Waals surface area contributed by atoms with Crippen molar-refractivity contribution in [1.82, 2.24) is 0 Å². The summed E-state index contributed by atoms with van der Waals surface area (Å²) in [4.78, 5) is 24.1. The number of hydrogen-bond donors (Lipinski definition) is 0. The molecule has 21 heavy (non-hydrogen) atoms. The molecule has 2 rings (SSSR count). The topological polar surface area (TPSA) is 34.1 Å². The monoisotopic (exact) mass is 280 g/mol. The number of carbonyl (C=O) groups is 2. The van der Waals surface area contributed by atoms with Crippen LogP contribution in [0.25, 0.3) is 0 Å². The molecule has 0 saturated carbocycles. The fourth-order valence-corrected chi connectivity index (χ4v) is 2.40. The van der Waals surface area contributed by atoms with Gasteiger partial charge in [-0.3, -0.25) is 9.59 Å². The number of hydrogen-bond acceptors (Lipinski definition) is 2. The average molecular weight is 280 g/mol. The van der Waals surface area contributed by atoms with Crippen LogP contribution in [0, 0.1) is 0 Å². The molecule has 2 nitrogen and oxygen atoms in total. The Morgan fingerprint density at radius 3 is 2.05 bits per heavy atom. The molecule has 0 amide bonds. The Morgan fingerprint density at radius 2 is 1.48 bits per heavy atom. The van der Waals surface area contributed by atoms with Crippen LogP contribution in [0.5, 0.6) is 0 Å². The Balaban J connectivity index is 2.22. The number of carbonyl (C=O) groups excluding carboxylic acids is 2. The molecular formula is C19H20O2. The standard InChI is InChI=1S/C19H20O2/c1-2-17(20)14-19(21)18(16-11-7-4-8-12-16)13-15-9-5-3-6-10-15/h3-12,18H,2,13-14H2,1H3. The van der Waals surface area contributed by atoms with Gasteiger partial charge in [-0.25, -0.2) is 0 Å². The number of benzene rings is 2. The second kappa shape index (κ2) is 7.53. The molecule has 0 bridgehead atoms. The lowest BCUT2D eigenvalue weighted by Gasteiger charge is -2.16. The van der Waals surface area contributed by atoms with Gasteiger partial charge >= 0.3 is 0 Å². The van der Waals surface area contributed by atoms with Crippen molar-refractivity contribution in [2.24, 2.45) is 0 Å². The maximum absolute atomic E-state index is 12.5. The molecule has 108 valence electrons. The van der Waals surface area contributed by atoms with Crippen LogP contribution in [0.2, 0.25) is 0 Å². The van der Waals surface area contributed by atoms with Crippen molar-refractivity contribution in [2.45, 2.75) is 32.1 Å². The Morgan fingerprint density at radius 1 is 0.905 bits per heavy atom. The minimum atomic E-state index is -0.246. The molecule has 0 aliphatic heterocycles. The Kier molecular flexibility index (Phi) is 5.44. The lowest BCUT2D eigenvalue weighted by Crippen LogP contribution is -2.18. The summed E-state index contributed by atoms with van der Waals surface area (Å²) in [5, 5.41) is 0. The van der Waals surface area contributed by atoms with E-state index in [1.165, 1.54) is 0 Å². The van der Waals surface area contributed by atoms with E-state index in [9.17, 15) is 9.59 Å². The molecule has 2 aromatic carbocycles. The summed E-state index contributed by atoms with van der Waals surface area (Å²) in [6, 6.07) is 19.7. The van der Waals surface area contributed by atoms with E-state index in [4.69, 9.17) is 0 Å². The highest BCUT2D eigenvalue weighted by Crippen LogP contribution is 2.23. The molecular weight excluding hydrogens is 260 g/mol. The summed E-state index contributed by atoms with van der Waals surface area (Å²) < 4.78 is 0. The van der Waals surface area contributed by atoms with Gasteiger partial charge in [0, 0.05) is 12.3 Å². The molecule has 0 aliphatic rings. The molecule has 2 aromatic rings. The molecule has 0 saturated heterocycles. The van der Waals surface area contributed by atoms with Gasteiger partial charge in [0.05, 0.1) is 6.42 Å². The van der Waals surface area contributed by atoms with E-state index in [0.29, 0.717) is 12.8 Å². The van der Waals surface area contributed by atoms with Gasteiger partial charge in [0.15, 0.2) is 0 Å². The molecule has 0 spiro atoms. The third kappa shape index (κ3) is 4.38. The van der Waals surface area contributed by atoms with E-state index in [1.807, 2.05) is 60.7 Å². The van der Waals surface area contributed by atoms with Crippen LogP contribution in [0.4, 0.5) is 0 Å². The second-order valence-corrected chi connectivity index (χ2v) is 5.19. The largest absolute Gasteiger partial charge is 0.299 e. The number of Topliss-reactive ketones (excluding diaryl/α,β-unsaturated/α-hetero) is 2. The van der Waals surface area contributed by atoms with Crippen molar-refractivity contribution < 1.29 is 9.59 Å². The molecule has 1 atom stereocenters. The van der Waals surface area contributed by atoms with Gasteiger partial charge in [0.25, 0.3) is 0 Å². The molecule has 2 heteroatoms. The fraction of sp³-hybridized carbons (Fsp3) is 0.263. The Bertz CT molecular complexity index is 587. The van der Waals surface area contributed by atoms with Gasteiger partial charge in [-0.2, -0.15) is 0 Å². The van der Waals surface area contributed by atoms with E-state index in [0.717, 1.165) is 11.1 Å². The van der Waals surface area contributed by atoms with Gasteiger partial charge in [-0.05, 0) is 17.5 Å². The molecule has 0 radical (unpaired) electrons. The van der Waals surface area contributed by atoms with Gasteiger partial charge in [0.1, 0.15) is 11.6 Å². The zero-order chi connectivity index (χ0) is 15.1. The van der Waals surface area contributed by atoms with Gasteiger partial charge in [0.2, 0.25) is 0 Å². The summed E-state index contributed by atoms with van der Waals surface area (Å²) in [7, 11) is 0. The third-order valence-corrected chi connectivity index (χ3v) is 3.64. The number of ketones is 2. The highest BCUT2D eigenvalue weighted by Gasteiger charge is 2.22. The first-order chi connectivity index (χ1) is 10.2. The van der Waals surface area contributed by atoms with Crippen LogP contribution >= 0.6 is 0 Å². The molecule has 0 aromatic heterocycles. The normalized spacial score (nSPS) is 11.9. The zero-order valence-corrected chi connectivity index (χ0v) is 12.3. The van der Waals surface area contributed by atoms with Crippen molar-refractivity contribution in [3.8, 4) is 0 Å². The van der Waals surface area contributed by atoms with Gasteiger partial charge < -0.3 is 0 Å². The van der Waals surface area contributed by atoms with Crippen molar-refractivity contribution in [2.75, 3.05) is 0 Å². The second-order valence-electron chi connectivity index (χ2n) is 5.19. The van der Waals surface area contributed by atoms with Crippen LogP contribution < -0.4 is 0 Å². The fourth-order valence-electron chi connectivity index (χ4n) is 2.40. The van der Waals surface area contributed by atoms with Crippen molar-refractivity contribution in [3.05, 3.63) is 71.8 Å². The molecule has 0 N–H and O–H groups in total. The zero-order valence-electron chi connectivity index (χ0n) is 12.3. The first-order valence-corrected chi connectivity index (χ1v) is 7.34. The quantitative estimate of drug-likeness (QED) is 0.720. The molecule has 0 heterocycles. The number of rotatable bonds is 7. The maximum atomic E-state index is 12.5. The van der Waals surface area contributed by atoms with Crippen molar-refractivity contribution >= 4 is 11.6 Å². The van der Waals surface area contributed by atoms with Crippen LogP contribution in [0.1, 0.15) is 36.8 Å². The van der Waals surface area contributed by atoms with E-state index >= 15 is 0 Å². The average Bonchev–Trinajstić information content (AvgIpc) is 2.54. The van der Waals surface area contributed by atoms with Gasteiger partial charge in [-0.15, -0.1) is 0 Å². The highest BCUT2D eigenvalue weighted by molar-refractivity contribution is 6.02. The van der Waals surface area contributed by atoms with Crippen LogP contribution in [0.15, 0.2) is 60.7 Å². The lowest BCUT2D eigenvalue weighted by molar-refractivity contribution is -0.127. The SMILES string of the molecule is CCC(=O)CC(=O)C(Cc1ccccc1)c1ccccc1. The minimum Gasteiger partial charge on any atom is -0.299 e. The van der Waals surface area contributed by atoms with Crippen molar-refractivity contribution in [1.29, 1.82) is 0 Å². The summed E-state index contributed by atoms with van der Waals surface area (Å²) in [6.45, 7) is 1.80. The molecule has 0 aliphatic carbocycles. The minimum absolute atomic E-state index is 0.00833. The first kappa shape index (κ1) is 15.2. The Labute approximate surface area is 125 Å². The summed E-state index contributed by atoms with van der Waals surface area (Å²) in [5.41, 5.74) is 2.10. The third-order valence-electron chi connectivity index (χ3n) is 3.64. The van der Waals surface area contributed by atoms with Crippen LogP contribution in [-0.2, 0) is 16.0 Å². The first-order valence-electron chi connectivity index (χ1n) is 7.34. The van der Waals surface area contributed by atoms with E-state index < -0.39 is 0 Å². The van der Waals surface area contributed by atoms with E-state index in [-0.39, 0.29) is 23.9 Å². The lowest BCUT2D eigenvalue weighted by atomic mass is 9.86.